The van der Waals surface area contributed by atoms with Crippen LogP contribution in [0.1, 0.15) is 37.3 Å². The molecule has 0 atom stereocenters. The highest BCUT2D eigenvalue weighted by molar-refractivity contribution is 6.05. The second-order valence-electron chi connectivity index (χ2n) is 10.2. The Kier molecular flexibility index (Phi) is 5.95. The minimum Gasteiger partial charge on any atom is -0.421 e. The molecule has 0 unspecified atom stereocenters. The molecular formula is C27H30F2N6O. The second kappa shape index (κ2) is 9.28. The van der Waals surface area contributed by atoms with E-state index in [0.29, 0.717) is 36.1 Å². The zero-order valence-corrected chi connectivity index (χ0v) is 20.7. The van der Waals surface area contributed by atoms with Gasteiger partial charge in [0.15, 0.2) is 11.6 Å². The van der Waals surface area contributed by atoms with E-state index in [1.807, 2.05) is 13.0 Å². The number of hydrogen-bond acceptors (Lipinski definition) is 7. The first-order chi connectivity index (χ1) is 17.4. The zero-order valence-electron chi connectivity index (χ0n) is 20.7. The summed E-state index contributed by atoms with van der Waals surface area (Å²) in [5.74, 6) is 1.27. The van der Waals surface area contributed by atoms with E-state index in [1.54, 1.807) is 6.08 Å². The smallest absolute Gasteiger partial charge is 0.326 e. The molecule has 36 heavy (non-hydrogen) atoms. The molecule has 1 saturated carbocycles. The summed E-state index contributed by atoms with van der Waals surface area (Å²) in [5, 5.41) is 3.29. The minimum atomic E-state index is -0.598. The Morgan fingerprint density at radius 1 is 1.06 bits per heavy atom. The van der Waals surface area contributed by atoms with Gasteiger partial charge in [-0.3, -0.25) is 4.99 Å². The van der Waals surface area contributed by atoms with Gasteiger partial charge in [0, 0.05) is 49.4 Å². The van der Waals surface area contributed by atoms with Gasteiger partial charge in [-0.15, -0.1) is 0 Å². The lowest BCUT2D eigenvalue weighted by molar-refractivity contribution is 0.311. The second-order valence-corrected chi connectivity index (χ2v) is 10.2. The van der Waals surface area contributed by atoms with E-state index in [-0.39, 0.29) is 17.3 Å². The summed E-state index contributed by atoms with van der Waals surface area (Å²) < 4.78 is 35.8. The van der Waals surface area contributed by atoms with Crippen LogP contribution in [0.2, 0.25) is 0 Å². The van der Waals surface area contributed by atoms with Crippen molar-refractivity contribution in [2.24, 2.45) is 10.9 Å². The third-order valence-corrected chi connectivity index (χ3v) is 7.53. The molecule has 0 bridgehead atoms. The van der Waals surface area contributed by atoms with E-state index in [4.69, 9.17) is 4.74 Å². The van der Waals surface area contributed by atoms with E-state index < -0.39 is 11.6 Å². The SMILES string of the molecule is CC1=Cc2c(F)c(Oc3nc(NC4=NCC(C5CCC5)=C4)cc(N4CCN(C)CC4)n3)cc(F)c2C1. The Labute approximate surface area is 209 Å². The van der Waals surface area contributed by atoms with Crippen molar-refractivity contribution in [3.8, 4) is 11.8 Å². The number of allylic oxidation sites excluding steroid dienone is 1. The molecule has 6 rings (SSSR count). The number of likely N-dealkylation sites (N-methyl/N-ethyl adjacent to an activating group) is 1. The number of aliphatic imine (C=N–C) groups is 1. The van der Waals surface area contributed by atoms with E-state index in [2.05, 4.69) is 43.2 Å². The van der Waals surface area contributed by atoms with Crippen LogP contribution >= 0.6 is 0 Å². The van der Waals surface area contributed by atoms with Crippen LogP contribution in [0.25, 0.3) is 6.08 Å². The first-order valence-electron chi connectivity index (χ1n) is 12.6. The number of fused-ring (bicyclic) bond motifs is 1. The fraction of sp³-hybridized carbons (Fsp3) is 0.444. The van der Waals surface area contributed by atoms with Crippen molar-refractivity contribution in [3.05, 3.63) is 52.1 Å². The highest BCUT2D eigenvalue weighted by Crippen LogP contribution is 2.37. The molecule has 2 aliphatic heterocycles. The van der Waals surface area contributed by atoms with Crippen LogP contribution in [0.15, 0.2) is 34.3 Å². The number of rotatable bonds is 5. The van der Waals surface area contributed by atoms with Crippen molar-refractivity contribution < 1.29 is 13.5 Å². The molecule has 3 heterocycles. The molecule has 0 amide bonds. The first-order valence-corrected chi connectivity index (χ1v) is 12.6. The molecule has 1 aromatic carbocycles. The molecule has 188 valence electrons. The lowest BCUT2D eigenvalue weighted by Crippen LogP contribution is -2.44. The Morgan fingerprint density at radius 3 is 2.61 bits per heavy atom. The van der Waals surface area contributed by atoms with Gasteiger partial charge in [-0.2, -0.15) is 9.97 Å². The van der Waals surface area contributed by atoms with Crippen LogP contribution in [-0.4, -0.2) is 60.5 Å². The summed E-state index contributed by atoms with van der Waals surface area (Å²) in [6.07, 6.45) is 7.91. The molecule has 2 aromatic rings. The average molecular weight is 493 g/mol. The predicted molar refractivity (Wildman–Crippen MR) is 137 cm³/mol. The Hall–Kier alpha value is -3.33. The summed E-state index contributed by atoms with van der Waals surface area (Å²) in [7, 11) is 2.09. The first kappa shape index (κ1) is 23.1. The zero-order chi connectivity index (χ0) is 24.8. The van der Waals surface area contributed by atoms with Gasteiger partial charge < -0.3 is 19.9 Å². The van der Waals surface area contributed by atoms with Crippen LogP contribution in [-0.2, 0) is 6.42 Å². The number of nitrogens with zero attached hydrogens (tertiary/aromatic N) is 5. The number of amidine groups is 1. The molecule has 2 fully saturated rings. The summed E-state index contributed by atoms with van der Waals surface area (Å²) >= 11 is 0. The van der Waals surface area contributed by atoms with Crippen LogP contribution < -0.4 is 15.0 Å². The Balaban J connectivity index is 1.31. The van der Waals surface area contributed by atoms with E-state index >= 15 is 4.39 Å². The molecule has 7 nitrogen and oxygen atoms in total. The maximum absolute atomic E-state index is 15.2. The van der Waals surface area contributed by atoms with Gasteiger partial charge in [0.2, 0.25) is 0 Å². The number of nitrogens with one attached hydrogen (secondary N) is 1. The standard InChI is InChI=1S/C27H30F2N6O/c1-16-10-19-20(11-16)26(29)22(13-21(19)28)36-27-32-24(14-25(33-27)35-8-6-34(2)7-9-35)31-23-12-18(15-30-23)17-4-3-5-17/h11-14,17H,3-10,15H2,1-2H3,(H,30,31,32,33). The van der Waals surface area contributed by atoms with Crippen molar-refractivity contribution >= 4 is 23.5 Å². The molecule has 2 aliphatic carbocycles. The third-order valence-electron chi connectivity index (χ3n) is 7.53. The Bertz CT molecular complexity index is 1290. The normalized spacial score (nSPS) is 20.0. The maximum atomic E-state index is 15.2. The number of aromatic nitrogens is 2. The van der Waals surface area contributed by atoms with Crippen molar-refractivity contribution in [2.45, 2.75) is 32.6 Å². The van der Waals surface area contributed by atoms with Crippen molar-refractivity contribution in [1.29, 1.82) is 0 Å². The van der Waals surface area contributed by atoms with Crippen LogP contribution in [0.5, 0.6) is 11.8 Å². The molecular weight excluding hydrogens is 462 g/mol. The monoisotopic (exact) mass is 492 g/mol. The summed E-state index contributed by atoms with van der Waals surface area (Å²) in [5.41, 5.74) is 2.86. The molecule has 0 spiro atoms. The predicted octanol–water partition coefficient (Wildman–Crippen LogP) is 4.81. The van der Waals surface area contributed by atoms with Crippen molar-refractivity contribution in [1.82, 2.24) is 14.9 Å². The Morgan fingerprint density at radius 2 is 1.86 bits per heavy atom. The van der Waals surface area contributed by atoms with Gasteiger partial charge in [0.05, 0.1) is 6.54 Å². The summed E-state index contributed by atoms with van der Waals surface area (Å²) in [4.78, 5) is 18.1. The highest BCUT2D eigenvalue weighted by Gasteiger charge is 2.26. The fourth-order valence-corrected chi connectivity index (χ4v) is 5.13. The van der Waals surface area contributed by atoms with Crippen molar-refractivity contribution in [2.75, 3.05) is 50.0 Å². The third kappa shape index (κ3) is 4.48. The average Bonchev–Trinajstić information content (AvgIpc) is 3.43. The molecule has 1 aromatic heterocycles. The topological polar surface area (TPSA) is 65.9 Å². The van der Waals surface area contributed by atoms with Gasteiger partial charge in [-0.05, 0) is 50.8 Å². The maximum Gasteiger partial charge on any atom is 0.326 e. The molecule has 4 aliphatic rings. The number of ether oxygens (including phenoxy) is 1. The van der Waals surface area contributed by atoms with Crippen LogP contribution in [0.3, 0.4) is 0 Å². The van der Waals surface area contributed by atoms with Crippen LogP contribution in [0, 0.1) is 17.6 Å². The van der Waals surface area contributed by atoms with E-state index in [0.717, 1.165) is 43.7 Å². The quantitative estimate of drug-likeness (QED) is 0.646. The fourth-order valence-electron chi connectivity index (χ4n) is 5.13. The largest absolute Gasteiger partial charge is 0.421 e. The molecule has 1 N–H and O–H groups in total. The number of hydrogen-bond donors (Lipinski definition) is 1. The number of piperazine rings is 1. The van der Waals surface area contributed by atoms with Gasteiger partial charge in [0.1, 0.15) is 23.3 Å². The molecule has 9 heteroatoms. The molecule has 0 radical (unpaired) electrons. The van der Waals surface area contributed by atoms with Crippen molar-refractivity contribution in [3.63, 3.8) is 0 Å². The number of halogens is 2. The van der Waals surface area contributed by atoms with Gasteiger partial charge >= 0.3 is 6.01 Å². The number of benzene rings is 1. The van der Waals surface area contributed by atoms with Crippen LogP contribution in [0.4, 0.5) is 20.4 Å². The van der Waals surface area contributed by atoms with Gasteiger partial charge in [-0.25, -0.2) is 8.78 Å². The number of anilines is 2. The minimum absolute atomic E-state index is 0.0346. The van der Waals surface area contributed by atoms with Gasteiger partial charge in [0.25, 0.3) is 0 Å². The van der Waals surface area contributed by atoms with Gasteiger partial charge in [-0.1, -0.05) is 18.1 Å². The summed E-state index contributed by atoms with van der Waals surface area (Å²) in [6.45, 7) is 5.96. The summed E-state index contributed by atoms with van der Waals surface area (Å²) in [6, 6.07) is 2.92. The van der Waals surface area contributed by atoms with E-state index in [1.165, 1.54) is 24.8 Å². The highest BCUT2D eigenvalue weighted by atomic mass is 19.1. The lowest BCUT2D eigenvalue weighted by Gasteiger charge is -2.33. The molecule has 1 saturated heterocycles. The lowest BCUT2D eigenvalue weighted by atomic mass is 9.80. The van der Waals surface area contributed by atoms with E-state index in [9.17, 15) is 4.39 Å².